The van der Waals surface area contributed by atoms with Crippen LogP contribution in [0.4, 0.5) is 0 Å². The van der Waals surface area contributed by atoms with Gasteiger partial charge in [0.25, 0.3) is 0 Å². The molecule has 4 aromatic rings. The van der Waals surface area contributed by atoms with Gasteiger partial charge in [0.05, 0.1) is 5.52 Å². The molecule has 3 N–H and O–H groups in total. The average Bonchev–Trinajstić information content (AvgIpc) is 3.10. The summed E-state index contributed by atoms with van der Waals surface area (Å²) in [5.41, 5.74) is 1.89. The number of fused-ring (bicyclic) bond motifs is 2. The minimum absolute atomic E-state index is 0.0107. The summed E-state index contributed by atoms with van der Waals surface area (Å²) >= 11 is 0. The first-order valence-electron chi connectivity index (χ1n) is 8.59. The lowest BCUT2D eigenvalue weighted by Crippen LogP contribution is -2.42. The molecule has 0 amide bonds. The molecule has 2 heterocycles. The van der Waals surface area contributed by atoms with Crippen LogP contribution in [0.2, 0.25) is 0 Å². The predicted octanol–water partition coefficient (Wildman–Crippen LogP) is 2.69. The maximum atomic E-state index is 12.9. The molecule has 28 heavy (non-hydrogen) atoms. The number of carboxylic acids is 1. The summed E-state index contributed by atoms with van der Waals surface area (Å²) < 4.78 is 28.2. The van der Waals surface area contributed by atoms with Crippen LogP contribution in [0.15, 0.2) is 71.9 Å². The quantitative estimate of drug-likeness (QED) is 0.465. The summed E-state index contributed by atoms with van der Waals surface area (Å²) in [6.45, 7) is 0. The summed E-state index contributed by atoms with van der Waals surface area (Å²) in [6, 6.07) is 14.4. The van der Waals surface area contributed by atoms with Crippen LogP contribution in [-0.2, 0) is 21.2 Å². The molecular formula is C20H17N3O4S. The molecule has 0 fully saturated rings. The normalized spacial score (nSPS) is 13.0. The lowest BCUT2D eigenvalue weighted by molar-refractivity contribution is -0.138. The van der Waals surface area contributed by atoms with E-state index in [-0.39, 0.29) is 11.3 Å². The van der Waals surface area contributed by atoms with E-state index in [0.29, 0.717) is 10.9 Å². The maximum absolute atomic E-state index is 12.9. The number of pyridine rings is 1. The minimum atomic E-state index is -4.09. The highest BCUT2D eigenvalue weighted by atomic mass is 32.2. The third-order valence-electron chi connectivity index (χ3n) is 4.58. The molecule has 142 valence electrons. The van der Waals surface area contributed by atoms with E-state index >= 15 is 0 Å². The van der Waals surface area contributed by atoms with E-state index in [9.17, 15) is 18.3 Å². The molecule has 0 aliphatic carbocycles. The van der Waals surface area contributed by atoms with Gasteiger partial charge in [0, 0.05) is 35.1 Å². The number of hydrogen-bond donors (Lipinski definition) is 3. The topological polar surface area (TPSA) is 112 Å². The Hall–Kier alpha value is -3.23. The standard InChI is InChI=1S/C20H17N3O4S/c24-20(25)17(11-14-12-22-16-8-2-1-7-15(14)16)23-28(26,27)18-9-3-5-13-6-4-10-21-19(13)18/h1-10,12,17,22-23H,11H2,(H,24,25)/t17-/m1/s1. The number of aromatic amines is 1. The molecule has 8 heteroatoms. The molecule has 0 unspecified atom stereocenters. The molecule has 0 bridgehead atoms. The first kappa shape index (κ1) is 18.1. The van der Waals surface area contributed by atoms with Gasteiger partial charge in [-0.25, -0.2) is 8.42 Å². The van der Waals surface area contributed by atoms with Gasteiger partial charge in [0.2, 0.25) is 10.0 Å². The van der Waals surface area contributed by atoms with Crippen LogP contribution >= 0.6 is 0 Å². The smallest absolute Gasteiger partial charge is 0.322 e. The first-order chi connectivity index (χ1) is 13.5. The van der Waals surface area contributed by atoms with Crippen LogP contribution in [0.5, 0.6) is 0 Å². The number of benzene rings is 2. The highest BCUT2D eigenvalue weighted by Crippen LogP contribution is 2.23. The zero-order chi connectivity index (χ0) is 19.7. The van der Waals surface area contributed by atoms with E-state index < -0.39 is 22.0 Å². The van der Waals surface area contributed by atoms with Crippen molar-refractivity contribution in [2.45, 2.75) is 17.4 Å². The Morgan fingerprint density at radius 2 is 1.89 bits per heavy atom. The maximum Gasteiger partial charge on any atom is 0.322 e. The van der Waals surface area contributed by atoms with E-state index in [0.717, 1.165) is 16.5 Å². The number of hydrogen-bond acceptors (Lipinski definition) is 4. The van der Waals surface area contributed by atoms with Gasteiger partial charge in [-0.15, -0.1) is 0 Å². The molecular weight excluding hydrogens is 378 g/mol. The van der Waals surface area contributed by atoms with Crippen molar-refractivity contribution in [2.75, 3.05) is 0 Å². The summed E-state index contributed by atoms with van der Waals surface area (Å²) in [7, 11) is -4.09. The zero-order valence-electron chi connectivity index (χ0n) is 14.7. The fourth-order valence-corrected chi connectivity index (χ4v) is 4.61. The van der Waals surface area contributed by atoms with E-state index in [1.807, 2.05) is 24.3 Å². The number of rotatable bonds is 6. The molecule has 2 aromatic carbocycles. The Morgan fingerprint density at radius 1 is 1.11 bits per heavy atom. The Morgan fingerprint density at radius 3 is 2.71 bits per heavy atom. The largest absolute Gasteiger partial charge is 0.480 e. The van der Waals surface area contributed by atoms with Crippen LogP contribution in [0.3, 0.4) is 0 Å². The Bertz CT molecular complexity index is 1280. The number of aromatic nitrogens is 2. The van der Waals surface area contributed by atoms with Crippen molar-refractivity contribution in [1.29, 1.82) is 0 Å². The Balaban J connectivity index is 1.68. The summed E-state index contributed by atoms with van der Waals surface area (Å²) in [4.78, 5) is 19.0. The molecule has 0 radical (unpaired) electrons. The molecule has 0 saturated carbocycles. The first-order valence-corrected chi connectivity index (χ1v) is 10.1. The van der Waals surface area contributed by atoms with Crippen molar-refractivity contribution in [2.24, 2.45) is 0 Å². The van der Waals surface area contributed by atoms with E-state index in [4.69, 9.17) is 0 Å². The van der Waals surface area contributed by atoms with Gasteiger partial charge in [0.1, 0.15) is 10.9 Å². The number of nitrogens with one attached hydrogen (secondary N) is 2. The van der Waals surface area contributed by atoms with Gasteiger partial charge in [-0.2, -0.15) is 4.72 Å². The second-order valence-electron chi connectivity index (χ2n) is 6.41. The van der Waals surface area contributed by atoms with Crippen LogP contribution in [0.25, 0.3) is 21.8 Å². The second-order valence-corrected chi connectivity index (χ2v) is 8.09. The van der Waals surface area contributed by atoms with Crippen molar-refractivity contribution in [3.63, 3.8) is 0 Å². The molecule has 2 aromatic heterocycles. The summed E-state index contributed by atoms with van der Waals surface area (Å²) in [6.07, 6.45) is 3.22. The minimum Gasteiger partial charge on any atom is -0.480 e. The van der Waals surface area contributed by atoms with Crippen molar-refractivity contribution < 1.29 is 18.3 Å². The molecule has 0 saturated heterocycles. The molecule has 0 aliphatic heterocycles. The van der Waals surface area contributed by atoms with Crippen molar-refractivity contribution in [3.8, 4) is 0 Å². The van der Waals surface area contributed by atoms with Crippen LogP contribution in [0, 0.1) is 0 Å². The number of H-pyrrole nitrogens is 1. The third kappa shape index (κ3) is 3.35. The predicted molar refractivity (Wildman–Crippen MR) is 105 cm³/mol. The van der Waals surface area contributed by atoms with Gasteiger partial charge in [0.15, 0.2) is 0 Å². The zero-order valence-corrected chi connectivity index (χ0v) is 15.5. The number of nitrogens with zero attached hydrogens (tertiary/aromatic N) is 1. The van der Waals surface area contributed by atoms with Crippen molar-refractivity contribution in [3.05, 3.63) is 72.6 Å². The lowest BCUT2D eigenvalue weighted by Gasteiger charge is -2.15. The molecule has 0 aliphatic rings. The third-order valence-corrected chi connectivity index (χ3v) is 6.08. The lowest BCUT2D eigenvalue weighted by atomic mass is 10.1. The van der Waals surface area contributed by atoms with Gasteiger partial charge >= 0.3 is 5.97 Å². The van der Waals surface area contributed by atoms with Crippen LogP contribution in [-0.4, -0.2) is 35.5 Å². The number of sulfonamides is 1. The van der Waals surface area contributed by atoms with Gasteiger partial charge in [-0.05, 0) is 23.8 Å². The van der Waals surface area contributed by atoms with Crippen LogP contribution in [0.1, 0.15) is 5.56 Å². The highest BCUT2D eigenvalue weighted by Gasteiger charge is 2.28. The Labute approximate surface area is 161 Å². The molecule has 4 rings (SSSR count). The average molecular weight is 395 g/mol. The molecule has 7 nitrogen and oxygen atoms in total. The number of aliphatic carboxylic acids is 1. The van der Waals surface area contributed by atoms with Crippen molar-refractivity contribution in [1.82, 2.24) is 14.7 Å². The summed E-state index contributed by atoms with van der Waals surface area (Å²) in [5.74, 6) is -1.25. The van der Waals surface area contributed by atoms with Crippen LogP contribution < -0.4 is 4.72 Å². The Kier molecular flexibility index (Phi) is 4.58. The van der Waals surface area contributed by atoms with Gasteiger partial charge < -0.3 is 10.1 Å². The van der Waals surface area contributed by atoms with E-state index in [1.54, 1.807) is 30.5 Å². The fraction of sp³-hybridized carbons (Fsp3) is 0.100. The fourth-order valence-electron chi connectivity index (χ4n) is 3.24. The molecule has 0 spiro atoms. The van der Waals surface area contributed by atoms with E-state index in [2.05, 4.69) is 14.7 Å². The number of carbonyl (C=O) groups is 1. The monoisotopic (exact) mass is 395 g/mol. The highest BCUT2D eigenvalue weighted by molar-refractivity contribution is 7.89. The summed E-state index contributed by atoms with van der Waals surface area (Å²) in [5, 5.41) is 11.1. The van der Waals surface area contributed by atoms with Gasteiger partial charge in [-0.1, -0.05) is 36.4 Å². The number of carboxylic acid groups (broad SMARTS) is 1. The van der Waals surface area contributed by atoms with E-state index in [1.165, 1.54) is 12.3 Å². The molecule has 1 atom stereocenters. The van der Waals surface area contributed by atoms with Gasteiger partial charge in [-0.3, -0.25) is 9.78 Å². The second kappa shape index (κ2) is 7.06. The SMILES string of the molecule is O=C(O)[C@@H](Cc1c[nH]c2ccccc12)NS(=O)(=O)c1cccc2cccnc12. The van der Waals surface area contributed by atoms with Crippen molar-refractivity contribution >= 4 is 37.8 Å². The number of para-hydroxylation sites is 2.